The summed E-state index contributed by atoms with van der Waals surface area (Å²) < 4.78 is 14.0. The zero-order valence-electron chi connectivity index (χ0n) is 13.7. The molecular formula is C17H17FN8. The van der Waals surface area contributed by atoms with Crippen molar-refractivity contribution in [3.05, 3.63) is 65.4 Å². The average Bonchev–Trinajstić information content (AvgIpc) is 3.00. The molecule has 0 amide bonds. The third-order valence-corrected chi connectivity index (χ3v) is 4.23. The van der Waals surface area contributed by atoms with Crippen molar-refractivity contribution in [2.75, 3.05) is 17.2 Å². The molecule has 1 aromatic heterocycles. The third kappa shape index (κ3) is 2.59. The van der Waals surface area contributed by atoms with Crippen molar-refractivity contribution in [3.63, 3.8) is 0 Å². The zero-order chi connectivity index (χ0) is 18.3. The number of nitrogens with two attached hydrogens (primary N) is 3. The highest BCUT2D eigenvalue weighted by Crippen LogP contribution is 2.28. The summed E-state index contributed by atoms with van der Waals surface area (Å²) in [6, 6.07) is 6.58. The lowest BCUT2D eigenvalue weighted by molar-refractivity contribution is 0.220. The minimum Gasteiger partial charge on any atom is -0.393 e. The SMILES string of the molecule is Nc1nc(C2=NN(Cc3ccccc3F)C3NC=CC=C23)nc(N)c1N. The number of nitrogens with zero attached hydrogens (tertiary/aromatic N) is 4. The molecule has 0 fully saturated rings. The Morgan fingerprint density at radius 3 is 2.58 bits per heavy atom. The highest BCUT2D eigenvalue weighted by Gasteiger charge is 2.35. The van der Waals surface area contributed by atoms with Crippen LogP contribution in [0.5, 0.6) is 0 Å². The van der Waals surface area contributed by atoms with E-state index in [9.17, 15) is 4.39 Å². The molecule has 132 valence electrons. The van der Waals surface area contributed by atoms with Crippen LogP contribution < -0.4 is 22.5 Å². The van der Waals surface area contributed by atoms with Gasteiger partial charge in [-0.25, -0.2) is 14.4 Å². The molecule has 2 aliphatic rings. The van der Waals surface area contributed by atoms with Crippen LogP contribution in [0.15, 0.2) is 53.3 Å². The number of aromatic nitrogens is 2. The first-order valence-corrected chi connectivity index (χ1v) is 7.95. The zero-order valence-corrected chi connectivity index (χ0v) is 13.7. The quantitative estimate of drug-likeness (QED) is 0.647. The Hall–Kier alpha value is -3.62. The summed E-state index contributed by atoms with van der Waals surface area (Å²) >= 11 is 0. The molecule has 9 heteroatoms. The summed E-state index contributed by atoms with van der Waals surface area (Å²) in [6.07, 6.45) is 5.28. The molecule has 0 spiro atoms. The number of hydrogen-bond acceptors (Lipinski definition) is 8. The van der Waals surface area contributed by atoms with Gasteiger partial charge in [-0.1, -0.05) is 24.3 Å². The van der Waals surface area contributed by atoms with Gasteiger partial charge in [-0.2, -0.15) is 5.10 Å². The molecule has 2 aromatic rings. The van der Waals surface area contributed by atoms with E-state index in [-0.39, 0.29) is 41.7 Å². The van der Waals surface area contributed by atoms with E-state index in [1.165, 1.54) is 6.07 Å². The van der Waals surface area contributed by atoms with Gasteiger partial charge >= 0.3 is 0 Å². The molecule has 8 nitrogen and oxygen atoms in total. The van der Waals surface area contributed by atoms with Gasteiger partial charge in [-0.3, -0.25) is 5.01 Å². The Balaban J connectivity index is 1.75. The molecule has 1 atom stereocenters. The second-order valence-corrected chi connectivity index (χ2v) is 5.92. The van der Waals surface area contributed by atoms with Crippen molar-refractivity contribution < 1.29 is 4.39 Å². The van der Waals surface area contributed by atoms with Gasteiger partial charge in [0.2, 0.25) is 0 Å². The molecular weight excluding hydrogens is 335 g/mol. The minimum absolute atomic E-state index is 0.0965. The molecule has 0 radical (unpaired) electrons. The molecule has 26 heavy (non-hydrogen) atoms. The maximum absolute atomic E-state index is 14.0. The first-order valence-electron chi connectivity index (χ1n) is 7.95. The largest absolute Gasteiger partial charge is 0.393 e. The van der Waals surface area contributed by atoms with E-state index in [4.69, 9.17) is 17.2 Å². The Labute approximate surface area is 148 Å². The molecule has 1 unspecified atom stereocenters. The van der Waals surface area contributed by atoms with Gasteiger partial charge < -0.3 is 22.5 Å². The van der Waals surface area contributed by atoms with Crippen LogP contribution in [0.25, 0.3) is 0 Å². The number of nitrogen functional groups attached to an aromatic ring is 3. The van der Waals surface area contributed by atoms with Gasteiger partial charge in [0.05, 0.1) is 6.54 Å². The maximum Gasteiger partial charge on any atom is 0.184 e. The molecule has 2 aliphatic heterocycles. The summed E-state index contributed by atoms with van der Waals surface area (Å²) in [5, 5.41) is 9.53. The van der Waals surface area contributed by atoms with Gasteiger partial charge in [0.15, 0.2) is 17.5 Å². The van der Waals surface area contributed by atoms with E-state index < -0.39 is 0 Å². The number of anilines is 3. The van der Waals surface area contributed by atoms with Crippen molar-refractivity contribution in [1.82, 2.24) is 20.3 Å². The predicted molar refractivity (Wildman–Crippen MR) is 97.9 cm³/mol. The average molecular weight is 352 g/mol. The Morgan fingerprint density at radius 2 is 1.85 bits per heavy atom. The van der Waals surface area contributed by atoms with Crippen LogP contribution in [0.2, 0.25) is 0 Å². The summed E-state index contributed by atoms with van der Waals surface area (Å²) in [6.45, 7) is 0.277. The van der Waals surface area contributed by atoms with Crippen LogP contribution >= 0.6 is 0 Å². The number of halogens is 1. The van der Waals surface area contributed by atoms with Crippen molar-refractivity contribution in [2.24, 2.45) is 5.10 Å². The third-order valence-electron chi connectivity index (χ3n) is 4.23. The summed E-state index contributed by atoms with van der Waals surface area (Å²) in [5.74, 6) is 0.183. The molecule has 0 saturated heterocycles. The highest BCUT2D eigenvalue weighted by molar-refractivity contribution is 6.13. The highest BCUT2D eigenvalue weighted by atomic mass is 19.1. The Kier molecular flexibility index (Phi) is 3.68. The lowest BCUT2D eigenvalue weighted by Gasteiger charge is -2.26. The van der Waals surface area contributed by atoms with E-state index in [1.807, 2.05) is 12.2 Å². The molecule has 0 aliphatic carbocycles. The van der Waals surface area contributed by atoms with Crippen LogP contribution in [-0.2, 0) is 6.54 Å². The number of nitrogens with one attached hydrogen (secondary N) is 1. The molecule has 7 N–H and O–H groups in total. The summed E-state index contributed by atoms with van der Waals surface area (Å²) in [5.41, 5.74) is 19.4. The van der Waals surface area contributed by atoms with Gasteiger partial charge in [-0.15, -0.1) is 0 Å². The van der Waals surface area contributed by atoms with Crippen LogP contribution in [0.4, 0.5) is 21.7 Å². The summed E-state index contributed by atoms with van der Waals surface area (Å²) in [7, 11) is 0. The normalized spacial score (nSPS) is 18.2. The molecule has 4 rings (SSSR count). The number of fused-ring (bicyclic) bond motifs is 1. The van der Waals surface area contributed by atoms with Gasteiger partial charge in [0.25, 0.3) is 0 Å². The fraction of sp³-hybridized carbons (Fsp3) is 0.118. The standard InChI is InChI=1S/C17H17FN8/c18-11-6-2-1-4-9(11)8-26-17-10(5-3-7-22-17)13(25-26)16-23-14(20)12(19)15(21)24-16/h1-7,17,22H,8,19H2,(H4,20,21,23,24). The number of benzene rings is 1. The smallest absolute Gasteiger partial charge is 0.184 e. The first kappa shape index (κ1) is 15.9. The van der Waals surface area contributed by atoms with Crippen LogP contribution in [-0.4, -0.2) is 26.9 Å². The molecule has 0 saturated carbocycles. The minimum atomic E-state index is -0.287. The van der Waals surface area contributed by atoms with E-state index >= 15 is 0 Å². The van der Waals surface area contributed by atoms with E-state index in [1.54, 1.807) is 29.4 Å². The predicted octanol–water partition coefficient (Wildman–Crippen LogP) is 0.952. The van der Waals surface area contributed by atoms with E-state index in [0.29, 0.717) is 11.3 Å². The lowest BCUT2D eigenvalue weighted by Crippen LogP contribution is -2.39. The van der Waals surface area contributed by atoms with Gasteiger partial charge in [0, 0.05) is 11.1 Å². The number of rotatable bonds is 3. The van der Waals surface area contributed by atoms with Crippen LogP contribution in [0.1, 0.15) is 11.4 Å². The molecule has 3 heterocycles. The van der Waals surface area contributed by atoms with Crippen molar-refractivity contribution in [2.45, 2.75) is 12.7 Å². The van der Waals surface area contributed by atoms with Crippen LogP contribution in [0.3, 0.4) is 0 Å². The van der Waals surface area contributed by atoms with Gasteiger partial charge in [-0.05, 0) is 18.3 Å². The first-order chi connectivity index (χ1) is 12.5. The number of dihydropyridines is 1. The molecule has 0 bridgehead atoms. The number of hydrazone groups is 1. The van der Waals surface area contributed by atoms with Crippen molar-refractivity contribution in [1.29, 1.82) is 0 Å². The monoisotopic (exact) mass is 352 g/mol. The van der Waals surface area contributed by atoms with Crippen molar-refractivity contribution >= 4 is 23.0 Å². The van der Waals surface area contributed by atoms with E-state index in [2.05, 4.69) is 20.4 Å². The second-order valence-electron chi connectivity index (χ2n) is 5.92. The lowest BCUT2D eigenvalue weighted by atomic mass is 10.1. The fourth-order valence-electron chi connectivity index (χ4n) is 2.89. The summed E-state index contributed by atoms with van der Waals surface area (Å²) in [4.78, 5) is 8.41. The van der Waals surface area contributed by atoms with Gasteiger partial charge in [0.1, 0.15) is 23.4 Å². The molecule has 1 aromatic carbocycles. The Bertz CT molecular complexity index is 942. The fourth-order valence-corrected chi connectivity index (χ4v) is 2.89. The second kappa shape index (κ2) is 6.03. The Morgan fingerprint density at radius 1 is 1.12 bits per heavy atom. The topological polar surface area (TPSA) is 131 Å². The van der Waals surface area contributed by atoms with Crippen LogP contribution in [0, 0.1) is 5.82 Å². The van der Waals surface area contributed by atoms with E-state index in [0.717, 1.165) is 5.57 Å². The number of allylic oxidation sites excluding steroid dienone is 2. The maximum atomic E-state index is 14.0. The van der Waals surface area contributed by atoms with Crippen molar-refractivity contribution in [3.8, 4) is 0 Å². The number of hydrogen-bond donors (Lipinski definition) is 4.